The maximum atomic E-state index is 12.8. The molecule has 0 unspecified atom stereocenters. The summed E-state index contributed by atoms with van der Waals surface area (Å²) in [6.45, 7) is 3.32. The van der Waals surface area contributed by atoms with E-state index in [9.17, 15) is 9.59 Å². The highest BCUT2D eigenvalue weighted by atomic mass is 79.9. The van der Waals surface area contributed by atoms with Crippen LogP contribution in [-0.2, 0) is 9.53 Å². The number of benzene rings is 2. The van der Waals surface area contributed by atoms with Crippen LogP contribution in [0.5, 0.6) is 5.75 Å². The minimum atomic E-state index is -0.772. The van der Waals surface area contributed by atoms with E-state index in [0.29, 0.717) is 37.0 Å². The topological polar surface area (TPSA) is 82.8 Å². The standard InChI is InChI=1S/C20H16Br3N3O4/c1-10(20(28)29-3)30-18-15(22)6-12(7-16(18)23)9-24-26-11(2)25-17-5-4-13(21)8-14(17)19(26)27/h4-10H,1-3H3/t10-/m1/s1. The Balaban J connectivity index is 1.95. The van der Waals surface area contributed by atoms with Gasteiger partial charge in [0.1, 0.15) is 11.6 Å². The smallest absolute Gasteiger partial charge is 0.346 e. The average molecular weight is 602 g/mol. The van der Waals surface area contributed by atoms with Gasteiger partial charge < -0.3 is 9.47 Å². The Kier molecular flexibility index (Phi) is 7.10. The summed E-state index contributed by atoms with van der Waals surface area (Å²) in [4.78, 5) is 28.9. The summed E-state index contributed by atoms with van der Waals surface area (Å²) >= 11 is 10.2. The largest absolute Gasteiger partial charge is 0.477 e. The van der Waals surface area contributed by atoms with Crippen LogP contribution >= 0.6 is 47.8 Å². The fourth-order valence-corrected chi connectivity index (χ4v) is 4.45. The molecule has 2 aromatic carbocycles. The molecule has 0 radical (unpaired) electrons. The molecule has 0 aliphatic rings. The number of nitrogens with zero attached hydrogens (tertiary/aromatic N) is 3. The molecule has 1 aromatic heterocycles. The van der Waals surface area contributed by atoms with Crippen molar-refractivity contribution < 1.29 is 14.3 Å². The van der Waals surface area contributed by atoms with Gasteiger partial charge in [0.05, 0.1) is 33.2 Å². The van der Waals surface area contributed by atoms with Crippen LogP contribution in [0.4, 0.5) is 0 Å². The molecule has 0 bridgehead atoms. The van der Waals surface area contributed by atoms with Gasteiger partial charge in [0.25, 0.3) is 5.56 Å². The normalized spacial score (nSPS) is 12.3. The molecule has 0 fully saturated rings. The number of esters is 1. The van der Waals surface area contributed by atoms with Gasteiger partial charge in [-0.3, -0.25) is 4.79 Å². The fourth-order valence-electron chi connectivity index (χ4n) is 2.68. The van der Waals surface area contributed by atoms with Gasteiger partial charge in [-0.15, -0.1) is 0 Å². The summed E-state index contributed by atoms with van der Waals surface area (Å²) in [7, 11) is 1.30. The number of methoxy groups -OCH3 is 1. The Morgan fingerprint density at radius 3 is 2.50 bits per heavy atom. The molecule has 0 aliphatic carbocycles. The van der Waals surface area contributed by atoms with E-state index in [1.807, 2.05) is 6.07 Å². The molecule has 30 heavy (non-hydrogen) atoms. The van der Waals surface area contributed by atoms with Crippen molar-refractivity contribution >= 4 is 70.9 Å². The second-order valence-corrected chi connectivity index (χ2v) is 8.90. The van der Waals surface area contributed by atoms with Crippen molar-refractivity contribution in [2.45, 2.75) is 20.0 Å². The Hall–Kier alpha value is -2.04. The van der Waals surface area contributed by atoms with Gasteiger partial charge in [-0.2, -0.15) is 9.78 Å². The van der Waals surface area contributed by atoms with Crippen molar-refractivity contribution in [1.82, 2.24) is 9.66 Å². The molecule has 0 amide bonds. The quantitative estimate of drug-likeness (QED) is 0.310. The Labute approximate surface area is 197 Å². The van der Waals surface area contributed by atoms with E-state index >= 15 is 0 Å². The van der Waals surface area contributed by atoms with Gasteiger partial charge >= 0.3 is 5.97 Å². The molecule has 10 heteroatoms. The Morgan fingerprint density at radius 2 is 1.87 bits per heavy atom. The van der Waals surface area contributed by atoms with Gasteiger partial charge in [0, 0.05) is 4.47 Å². The van der Waals surface area contributed by atoms with Gasteiger partial charge in [-0.25, -0.2) is 9.78 Å². The van der Waals surface area contributed by atoms with E-state index in [1.165, 1.54) is 11.8 Å². The minimum Gasteiger partial charge on any atom is -0.477 e. The third-order valence-electron chi connectivity index (χ3n) is 4.14. The lowest BCUT2D eigenvalue weighted by Crippen LogP contribution is -2.25. The molecule has 156 valence electrons. The number of halogens is 3. The number of hydrogen-bond acceptors (Lipinski definition) is 6. The molecular weight excluding hydrogens is 586 g/mol. The number of carbonyl (C=O) groups excluding carboxylic acids is 1. The lowest BCUT2D eigenvalue weighted by atomic mass is 10.2. The summed E-state index contributed by atoms with van der Waals surface area (Å²) in [6.07, 6.45) is 0.773. The fraction of sp³-hybridized carbons (Fsp3) is 0.200. The minimum absolute atomic E-state index is 0.264. The van der Waals surface area contributed by atoms with Gasteiger partial charge in [0.2, 0.25) is 0 Å². The molecule has 0 saturated heterocycles. The van der Waals surface area contributed by atoms with Crippen LogP contribution in [-0.4, -0.2) is 35.1 Å². The van der Waals surface area contributed by atoms with Gasteiger partial charge in [-0.05, 0) is 81.6 Å². The van der Waals surface area contributed by atoms with Crippen molar-refractivity contribution in [2.24, 2.45) is 5.10 Å². The summed E-state index contributed by atoms with van der Waals surface area (Å²) in [5, 5.41) is 4.78. The number of rotatable bonds is 5. The van der Waals surface area contributed by atoms with Crippen molar-refractivity contribution in [2.75, 3.05) is 7.11 Å². The number of fused-ring (bicyclic) bond motifs is 1. The molecule has 3 aromatic rings. The SMILES string of the molecule is COC(=O)[C@@H](C)Oc1c(Br)cc(C=Nn2c(C)nc3ccc(Br)cc3c2=O)cc1Br. The zero-order valence-electron chi connectivity index (χ0n) is 16.1. The zero-order valence-corrected chi connectivity index (χ0v) is 20.9. The zero-order chi connectivity index (χ0) is 22.0. The maximum absolute atomic E-state index is 12.8. The highest BCUT2D eigenvalue weighted by molar-refractivity contribution is 9.11. The molecule has 0 N–H and O–H groups in total. The number of aryl methyl sites for hydroxylation is 1. The van der Waals surface area contributed by atoms with E-state index < -0.39 is 12.1 Å². The first-order valence-electron chi connectivity index (χ1n) is 8.68. The van der Waals surface area contributed by atoms with Crippen molar-refractivity contribution in [3.63, 3.8) is 0 Å². The monoisotopic (exact) mass is 599 g/mol. The van der Waals surface area contributed by atoms with Gasteiger partial charge in [0.15, 0.2) is 6.10 Å². The van der Waals surface area contributed by atoms with E-state index in [0.717, 1.165) is 4.47 Å². The molecule has 1 atom stereocenters. The highest BCUT2D eigenvalue weighted by Crippen LogP contribution is 2.35. The lowest BCUT2D eigenvalue weighted by molar-refractivity contribution is -0.147. The van der Waals surface area contributed by atoms with Crippen molar-refractivity contribution in [3.05, 3.63) is 65.5 Å². The Bertz CT molecular complexity index is 1200. The predicted octanol–water partition coefficient (Wildman–Crippen LogP) is 4.81. The lowest BCUT2D eigenvalue weighted by Gasteiger charge is -2.15. The average Bonchev–Trinajstić information content (AvgIpc) is 2.70. The first-order chi connectivity index (χ1) is 14.2. The van der Waals surface area contributed by atoms with Crippen LogP contribution in [0.2, 0.25) is 0 Å². The van der Waals surface area contributed by atoms with E-state index in [-0.39, 0.29) is 5.56 Å². The van der Waals surface area contributed by atoms with Crippen LogP contribution in [0.15, 0.2) is 53.6 Å². The van der Waals surface area contributed by atoms with E-state index in [4.69, 9.17) is 4.74 Å². The molecule has 3 rings (SSSR count). The molecule has 0 saturated carbocycles. The van der Waals surface area contributed by atoms with Crippen molar-refractivity contribution in [3.8, 4) is 5.75 Å². The van der Waals surface area contributed by atoms with Gasteiger partial charge in [-0.1, -0.05) is 15.9 Å². The van der Waals surface area contributed by atoms with Crippen LogP contribution in [0, 0.1) is 6.92 Å². The van der Waals surface area contributed by atoms with Crippen molar-refractivity contribution in [1.29, 1.82) is 0 Å². The summed E-state index contributed by atoms with van der Waals surface area (Å²) < 4.78 is 13.6. The van der Waals surface area contributed by atoms with Crippen LogP contribution in [0.1, 0.15) is 18.3 Å². The molecular formula is C20H16Br3N3O4. The summed E-state index contributed by atoms with van der Waals surface area (Å²) in [5.74, 6) is 0.441. The summed E-state index contributed by atoms with van der Waals surface area (Å²) in [6, 6.07) is 8.86. The first kappa shape index (κ1) is 22.6. The van der Waals surface area contributed by atoms with Crippen LogP contribution in [0.25, 0.3) is 10.9 Å². The van der Waals surface area contributed by atoms with E-state index in [2.05, 4.69) is 62.6 Å². The third kappa shape index (κ3) is 4.81. The Morgan fingerprint density at radius 1 is 1.20 bits per heavy atom. The third-order valence-corrected chi connectivity index (χ3v) is 5.81. The number of ether oxygens (including phenoxy) is 2. The predicted molar refractivity (Wildman–Crippen MR) is 125 cm³/mol. The molecule has 1 heterocycles. The van der Waals surface area contributed by atoms with Crippen LogP contribution < -0.4 is 10.3 Å². The second-order valence-electron chi connectivity index (χ2n) is 6.28. The second kappa shape index (κ2) is 9.40. The number of hydrogen-bond donors (Lipinski definition) is 0. The number of aromatic nitrogens is 2. The molecule has 0 spiro atoms. The molecule has 0 aliphatic heterocycles. The number of carbonyl (C=O) groups is 1. The van der Waals surface area contributed by atoms with E-state index in [1.54, 1.807) is 44.3 Å². The highest BCUT2D eigenvalue weighted by Gasteiger charge is 2.18. The van der Waals surface area contributed by atoms with Crippen LogP contribution in [0.3, 0.4) is 0 Å². The first-order valence-corrected chi connectivity index (χ1v) is 11.1. The molecule has 7 nitrogen and oxygen atoms in total. The maximum Gasteiger partial charge on any atom is 0.346 e. The summed E-state index contributed by atoms with van der Waals surface area (Å²) in [5.41, 5.74) is 1.05.